The van der Waals surface area contributed by atoms with Crippen LogP contribution in [-0.4, -0.2) is 54.6 Å². The van der Waals surface area contributed by atoms with Gasteiger partial charge in [0.1, 0.15) is 0 Å². The maximum atomic E-state index is 13.5. The first-order chi connectivity index (χ1) is 10.5. The molecule has 7 nitrogen and oxygen atoms in total. The molecule has 0 aliphatic carbocycles. The lowest BCUT2D eigenvalue weighted by Gasteiger charge is -2.34. The Hall–Kier alpha value is -2.00. The Bertz CT molecular complexity index is 550. The molecular weight excluding hydrogens is 300 g/mol. The Kier molecular flexibility index (Phi) is 5.09. The van der Waals surface area contributed by atoms with Gasteiger partial charge >= 0.3 is 5.69 Å². The quantitative estimate of drug-likeness (QED) is 0.632. The van der Waals surface area contributed by atoms with E-state index >= 15 is 0 Å². The maximum Gasteiger partial charge on any atom is 0.314 e. The van der Waals surface area contributed by atoms with Gasteiger partial charge in [0.05, 0.1) is 18.1 Å². The zero-order valence-electron chi connectivity index (χ0n) is 12.0. The molecule has 1 aromatic carbocycles. The fourth-order valence-corrected chi connectivity index (χ4v) is 2.56. The number of hydrogen-bond donors (Lipinski definition) is 2. The van der Waals surface area contributed by atoms with E-state index in [4.69, 9.17) is 4.74 Å². The lowest BCUT2D eigenvalue weighted by Crippen LogP contribution is -2.46. The van der Waals surface area contributed by atoms with Crippen LogP contribution in [0.2, 0.25) is 0 Å². The van der Waals surface area contributed by atoms with Gasteiger partial charge in [-0.1, -0.05) is 0 Å². The minimum atomic E-state index is -2.72. The van der Waals surface area contributed by atoms with Crippen LogP contribution in [0, 0.1) is 10.1 Å². The summed E-state index contributed by atoms with van der Waals surface area (Å²) in [5.74, 6) is -0.852. The van der Waals surface area contributed by atoms with E-state index in [1.807, 2.05) is 0 Å². The molecule has 0 unspecified atom stereocenters. The Morgan fingerprint density at radius 1 is 1.41 bits per heavy atom. The second-order valence-electron chi connectivity index (χ2n) is 4.91. The van der Waals surface area contributed by atoms with E-state index in [-0.39, 0.29) is 11.3 Å². The largest absolute Gasteiger partial charge is 0.500 e. The average molecular weight is 317 g/mol. The van der Waals surface area contributed by atoms with E-state index in [0.717, 1.165) is 6.07 Å². The molecule has 1 aromatic rings. The first kappa shape index (κ1) is 16.4. The number of nitro benzene ring substituents is 1. The normalized spacial score (nSPS) is 17.5. The molecule has 1 fully saturated rings. The van der Waals surface area contributed by atoms with Crippen molar-refractivity contribution in [3.05, 3.63) is 27.8 Å². The second kappa shape index (κ2) is 6.84. The summed E-state index contributed by atoms with van der Waals surface area (Å²) < 4.78 is 31.9. The number of rotatable bonds is 5. The summed E-state index contributed by atoms with van der Waals surface area (Å²) in [6.45, 7) is 1.96. The Morgan fingerprint density at radius 2 is 2.05 bits per heavy atom. The molecule has 122 valence electrons. The van der Waals surface area contributed by atoms with Crippen LogP contribution in [0.3, 0.4) is 0 Å². The third-order valence-corrected chi connectivity index (χ3v) is 3.62. The van der Waals surface area contributed by atoms with Crippen molar-refractivity contribution in [3.8, 4) is 11.5 Å². The van der Waals surface area contributed by atoms with Crippen LogP contribution < -0.4 is 10.1 Å². The van der Waals surface area contributed by atoms with E-state index in [1.54, 1.807) is 4.90 Å². The van der Waals surface area contributed by atoms with Crippen LogP contribution in [-0.2, 0) is 0 Å². The fraction of sp³-hybridized carbons (Fsp3) is 0.538. The van der Waals surface area contributed by atoms with Crippen molar-refractivity contribution in [1.82, 2.24) is 10.2 Å². The van der Waals surface area contributed by atoms with E-state index in [0.29, 0.717) is 26.2 Å². The number of phenolic OH excluding ortho intramolecular Hbond substituents is 1. The zero-order valence-corrected chi connectivity index (χ0v) is 12.0. The molecule has 1 atom stereocenters. The third kappa shape index (κ3) is 3.25. The van der Waals surface area contributed by atoms with Gasteiger partial charge in [-0.05, 0) is 11.6 Å². The van der Waals surface area contributed by atoms with Gasteiger partial charge in [-0.3, -0.25) is 15.0 Å². The number of benzene rings is 1. The highest BCUT2D eigenvalue weighted by Gasteiger charge is 2.33. The summed E-state index contributed by atoms with van der Waals surface area (Å²) >= 11 is 0. The highest BCUT2D eigenvalue weighted by Crippen LogP contribution is 2.40. The van der Waals surface area contributed by atoms with Gasteiger partial charge in [-0.15, -0.1) is 0 Å². The number of nitrogens with zero attached hydrogens (tertiary/aromatic N) is 2. The number of alkyl halides is 2. The molecule has 0 amide bonds. The lowest BCUT2D eigenvalue weighted by atomic mass is 10.0. The minimum absolute atomic E-state index is 0.0539. The Balaban J connectivity index is 2.46. The molecule has 22 heavy (non-hydrogen) atoms. The molecule has 0 radical (unpaired) electrons. The van der Waals surface area contributed by atoms with Crippen molar-refractivity contribution in [1.29, 1.82) is 0 Å². The molecule has 2 rings (SSSR count). The van der Waals surface area contributed by atoms with E-state index in [2.05, 4.69) is 5.32 Å². The first-order valence-electron chi connectivity index (χ1n) is 6.74. The topological polar surface area (TPSA) is 87.9 Å². The number of nitro groups is 1. The van der Waals surface area contributed by atoms with Crippen molar-refractivity contribution >= 4 is 5.69 Å². The Morgan fingerprint density at radius 3 is 2.55 bits per heavy atom. The highest BCUT2D eigenvalue weighted by atomic mass is 19.3. The van der Waals surface area contributed by atoms with Gasteiger partial charge in [-0.2, -0.15) is 0 Å². The number of ether oxygens (including phenoxy) is 1. The predicted octanol–water partition coefficient (Wildman–Crippen LogP) is 1.52. The number of phenols is 1. The smallest absolute Gasteiger partial charge is 0.314 e. The molecule has 0 bridgehead atoms. The number of methoxy groups -OCH3 is 1. The molecule has 1 aliphatic rings. The SMILES string of the molecule is COc1cc([C@@H](C(F)F)N2CCNCC2)cc([N+](=O)[O-])c1O. The predicted molar refractivity (Wildman–Crippen MR) is 74.5 cm³/mol. The molecule has 1 heterocycles. The van der Waals surface area contributed by atoms with Crippen molar-refractivity contribution < 1.29 is 23.5 Å². The molecule has 0 spiro atoms. The average Bonchev–Trinajstić information content (AvgIpc) is 2.49. The van der Waals surface area contributed by atoms with Crippen molar-refractivity contribution in [2.24, 2.45) is 0 Å². The minimum Gasteiger partial charge on any atom is -0.500 e. The van der Waals surface area contributed by atoms with Crippen LogP contribution in [0.25, 0.3) is 0 Å². The molecular formula is C13H17F2N3O4. The third-order valence-electron chi connectivity index (χ3n) is 3.62. The zero-order chi connectivity index (χ0) is 16.3. The number of piperazine rings is 1. The van der Waals surface area contributed by atoms with E-state index in [9.17, 15) is 24.0 Å². The standard InChI is InChI=1S/C13H17F2N3O4/c1-22-10-7-8(6-9(12(10)19)18(20)21)11(13(14)15)17-4-2-16-3-5-17/h6-7,11,13,16,19H,2-5H2,1H3/t11-/m0/s1. The summed E-state index contributed by atoms with van der Waals surface area (Å²) in [7, 11) is 1.21. The van der Waals surface area contributed by atoms with Crippen molar-refractivity contribution in [2.45, 2.75) is 12.5 Å². The number of hydrogen-bond acceptors (Lipinski definition) is 6. The summed E-state index contributed by atoms with van der Waals surface area (Å²) in [5, 5.41) is 23.8. The summed E-state index contributed by atoms with van der Waals surface area (Å²) in [6, 6.07) is 0.924. The Labute approximate surface area is 125 Å². The number of aromatic hydroxyl groups is 1. The van der Waals surface area contributed by atoms with Crippen LogP contribution in [0.4, 0.5) is 14.5 Å². The summed E-state index contributed by atoms with van der Waals surface area (Å²) in [5.41, 5.74) is -0.589. The first-order valence-corrected chi connectivity index (χ1v) is 6.74. The van der Waals surface area contributed by atoms with Gasteiger partial charge in [0.15, 0.2) is 5.75 Å². The van der Waals surface area contributed by atoms with Gasteiger partial charge in [0, 0.05) is 32.2 Å². The van der Waals surface area contributed by atoms with Gasteiger partial charge < -0.3 is 15.2 Å². The van der Waals surface area contributed by atoms with Crippen LogP contribution in [0.5, 0.6) is 11.5 Å². The van der Waals surface area contributed by atoms with Crippen LogP contribution in [0.1, 0.15) is 11.6 Å². The molecule has 1 aliphatic heterocycles. The molecule has 2 N–H and O–H groups in total. The lowest BCUT2D eigenvalue weighted by molar-refractivity contribution is -0.386. The number of nitrogens with one attached hydrogen (secondary N) is 1. The van der Waals surface area contributed by atoms with Gasteiger partial charge in [-0.25, -0.2) is 8.78 Å². The monoisotopic (exact) mass is 317 g/mol. The fourth-order valence-electron chi connectivity index (χ4n) is 2.56. The van der Waals surface area contributed by atoms with Crippen molar-refractivity contribution in [2.75, 3.05) is 33.3 Å². The van der Waals surface area contributed by atoms with E-state index < -0.39 is 28.8 Å². The van der Waals surface area contributed by atoms with Crippen LogP contribution >= 0.6 is 0 Å². The van der Waals surface area contributed by atoms with E-state index in [1.165, 1.54) is 13.2 Å². The summed E-state index contributed by atoms with van der Waals surface area (Å²) in [6.07, 6.45) is -2.72. The van der Waals surface area contributed by atoms with Gasteiger partial charge in [0.25, 0.3) is 6.43 Å². The van der Waals surface area contributed by atoms with Crippen LogP contribution in [0.15, 0.2) is 12.1 Å². The number of halogens is 2. The molecule has 9 heteroatoms. The molecule has 0 saturated carbocycles. The second-order valence-corrected chi connectivity index (χ2v) is 4.91. The van der Waals surface area contributed by atoms with Crippen molar-refractivity contribution in [3.63, 3.8) is 0 Å². The van der Waals surface area contributed by atoms with Gasteiger partial charge in [0.2, 0.25) is 5.75 Å². The highest BCUT2D eigenvalue weighted by molar-refractivity contribution is 5.57. The molecule has 1 saturated heterocycles. The maximum absolute atomic E-state index is 13.5. The molecule has 0 aromatic heterocycles. The summed E-state index contributed by atoms with van der Waals surface area (Å²) in [4.78, 5) is 11.7.